The Balaban J connectivity index is 2.71. The van der Waals surface area contributed by atoms with Crippen LogP contribution in [0.25, 0.3) is 0 Å². The number of nitrogens with zero attached hydrogens (tertiary/aromatic N) is 1. The summed E-state index contributed by atoms with van der Waals surface area (Å²) in [7, 11) is 0. The number of alkyl halides is 1. The van der Waals surface area contributed by atoms with E-state index in [9.17, 15) is 10.1 Å². The molecule has 1 aromatic rings. The molecule has 0 aliphatic rings. The standard InChI is InChI=1S/C8H6BrNO2S/c9-6-2-1-3-7-4-5-8(13-7)10(11)12/h4-5H,2,6H2. The van der Waals surface area contributed by atoms with Gasteiger partial charge in [-0.2, -0.15) is 0 Å². The summed E-state index contributed by atoms with van der Waals surface area (Å²) < 4.78 is 0. The highest BCUT2D eigenvalue weighted by molar-refractivity contribution is 9.09. The van der Waals surface area contributed by atoms with Crippen molar-refractivity contribution in [1.82, 2.24) is 0 Å². The summed E-state index contributed by atoms with van der Waals surface area (Å²) in [6.45, 7) is 0. The summed E-state index contributed by atoms with van der Waals surface area (Å²) in [4.78, 5) is 10.6. The van der Waals surface area contributed by atoms with Gasteiger partial charge < -0.3 is 0 Å². The summed E-state index contributed by atoms with van der Waals surface area (Å²) in [6, 6.07) is 3.15. The van der Waals surface area contributed by atoms with Crippen molar-refractivity contribution in [3.63, 3.8) is 0 Å². The lowest BCUT2D eigenvalue weighted by Crippen LogP contribution is -1.80. The third-order valence-corrected chi connectivity index (χ3v) is 2.55. The first-order chi connectivity index (χ1) is 6.24. The zero-order valence-corrected chi connectivity index (χ0v) is 9.02. The molecule has 0 saturated carbocycles. The van der Waals surface area contributed by atoms with Crippen LogP contribution in [-0.4, -0.2) is 10.3 Å². The van der Waals surface area contributed by atoms with Crippen LogP contribution in [0.2, 0.25) is 0 Å². The molecule has 0 N–H and O–H groups in total. The molecule has 0 spiro atoms. The molecule has 0 aliphatic heterocycles. The van der Waals surface area contributed by atoms with Crippen molar-refractivity contribution in [2.24, 2.45) is 0 Å². The highest BCUT2D eigenvalue weighted by Gasteiger charge is 2.07. The normalized spacial score (nSPS) is 9.00. The molecule has 0 aromatic carbocycles. The fourth-order valence-electron chi connectivity index (χ4n) is 0.690. The predicted molar refractivity (Wildman–Crippen MR) is 56.3 cm³/mol. The van der Waals surface area contributed by atoms with E-state index in [0.29, 0.717) is 0 Å². The average molecular weight is 260 g/mol. The average Bonchev–Trinajstić information content (AvgIpc) is 2.53. The number of hydrogen-bond acceptors (Lipinski definition) is 3. The first kappa shape index (κ1) is 10.2. The number of nitro groups is 1. The van der Waals surface area contributed by atoms with Gasteiger partial charge in [-0.3, -0.25) is 10.1 Å². The van der Waals surface area contributed by atoms with E-state index < -0.39 is 4.92 Å². The van der Waals surface area contributed by atoms with Crippen molar-refractivity contribution in [3.05, 3.63) is 27.1 Å². The number of rotatable bonds is 2. The maximum absolute atomic E-state index is 10.3. The Kier molecular flexibility index (Phi) is 3.93. The van der Waals surface area contributed by atoms with Crippen LogP contribution in [0.5, 0.6) is 0 Å². The second-order valence-corrected chi connectivity index (χ2v) is 3.99. The molecule has 1 rings (SSSR count). The largest absolute Gasteiger partial charge is 0.325 e. The minimum Gasteiger partial charge on any atom is -0.258 e. The molecule has 13 heavy (non-hydrogen) atoms. The summed E-state index contributed by atoms with van der Waals surface area (Å²) in [5.74, 6) is 5.75. The van der Waals surface area contributed by atoms with Crippen LogP contribution in [0.4, 0.5) is 5.00 Å². The summed E-state index contributed by atoms with van der Waals surface area (Å²) in [5, 5.41) is 11.3. The summed E-state index contributed by atoms with van der Waals surface area (Å²) in [6.07, 6.45) is 0.756. The smallest absolute Gasteiger partial charge is 0.258 e. The SMILES string of the molecule is O=[N+]([O-])c1ccc(C#CCCBr)s1. The molecule has 0 atom stereocenters. The lowest BCUT2D eigenvalue weighted by atomic mass is 10.4. The Hall–Kier alpha value is -0.860. The Morgan fingerprint density at radius 1 is 1.62 bits per heavy atom. The Morgan fingerprint density at radius 3 is 2.92 bits per heavy atom. The fourth-order valence-corrected chi connectivity index (χ4v) is 1.58. The Bertz CT molecular complexity index is 364. The van der Waals surface area contributed by atoms with Gasteiger partial charge in [0.25, 0.3) is 0 Å². The van der Waals surface area contributed by atoms with E-state index in [0.717, 1.165) is 28.0 Å². The third-order valence-electron chi connectivity index (χ3n) is 1.20. The second-order valence-electron chi connectivity index (χ2n) is 2.14. The minimum absolute atomic E-state index is 0.142. The van der Waals surface area contributed by atoms with E-state index >= 15 is 0 Å². The molecule has 0 aliphatic carbocycles. The van der Waals surface area contributed by atoms with Gasteiger partial charge >= 0.3 is 5.00 Å². The van der Waals surface area contributed by atoms with Gasteiger partial charge in [-0.15, -0.1) is 0 Å². The molecule has 0 fully saturated rings. The van der Waals surface area contributed by atoms with E-state index in [2.05, 4.69) is 27.8 Å². The van der Waals surface area contributed by atoms with Crippen LogP contribution in [-0.2, 0) is 0 Å². The Morgan fingerprint density at radius 2 is 2.38 bits per heavy atom. The quantitative estimate of drug-likeness (QED) is 0.355. The van der Waals surface area contributed by atoms with E-state index in [1.165, 1.54) is 6.07 Å². The van der Waals surface area contributed by atoms with E-state index in [4.69, 9.17) is 0 Å². The summed E-state index contributed by atoms with van der Waals surface area (Å²) >= 11 is 4.35. The Labute approximate surface area is 88.1 Å². The van der Waals surface area contributed by atoms with Crippen LogP contribution in [0, 0.1) is 22.0 Å². The van der Waals surface area contributed by atoms with Crippen molar-refractivity contribution in [2.75, 3.05) is 5.33 Å². The molecule has 1 aromatic heterocycles. The van der Waals surface area contributed by atoms with Crippen molar-refractivity contribution in [3.8, 4) is 11.8 Å². The maximum Gasteiger partial charge on any atom is 0.325 e. The number of thiophene rings is 1. The molecule has 5 heteroatoms. The molecule has 3 nitrogen and oxygen atoms in total. The van der Waals surface area contributed by atoms with Crippen LogP contribution >= 0.6 is 27.3 Å². The van der Waals surface area contributed by atoms with Gasteiger partial charge in [-0.05, 0) is 6.07 Å². The van der Waals surface area contributed by atoms with Gasteiger partial charge in [0, 0.05) is 17.8 Å². The van der Waals surface area contributed by atoms with Crippen molar-refractivity contribution in [2.45, 2.75) is 6.42 Å². The third kappa shape index (κ3) is 3.17. The molecule has 0 amide bonds. The van der Waals surface area contributed by atoms with E-state index in [1.807, 2.05) is 0 Å². The first-order valence-corrected chi connectivity index (χ1v) is 5.47. The van der Waals surface area contributed by atoms with E-state index in [-0.39, 0.29) is 5.00 Å². The molecule has 0 unspecified atom stereocenters. The van der Waals surface area contributed by atoms with Crippen molar-refractivity contribution in [1.29, 1.82) is 0 Å². The van der Waals surface area contributed by atoms with Gasteiger partial charge in [0.05, 0.1) is 9.80 Å². The van der Waals surface area contributed by atoms with Crippen molar-refractivity contribution < 1.29 is 4.92 Å². The van der Waals surface area contributed by atoms with Gasteiger partial charge in [-0.25, -0.2) is 0 Å². The van der Waals surface area contributed by atoms with Gasteiger partial charge in [0.1, 0.15) is 0 Å². The number of halogens is 1. The molecule has 0 saturated heterocycles. The second kappa shape index (κ2) is 5.00. The predicted octanol–water partition coefficient (Wildman–Crippen LogP) is 2.79. The number of hydrogen-bond donors (Lipinski definition) is 0. The van der Waals surface area contributed by atoms with Crippen LogP contribution in [0.3, 0.4) is 0 Å². The van der Waals surface area contributed by atoms with Crippen LogP contribution in [0.1, 0.15) is 11.3 Å². The lowest BCUT2D eigenvalue weighted by molar-refractivity contribution is -0.380. The minimum atomic E-state index is -0.402. The van der Waals surface area contributed by atoms with Crippen molar-refractivity contribution >= 4 is 32.3 Å². The zero-order chi connectivity index (χ0) is 9.68. The highest BCUT2D eigenvalue weighted by atomic mass is 79.9. The lowest BCUT2D eigenvalue weighted by Gasteiger charge is -1.79. The van der Waals surface area contributed by atoms with Gasteiger partial charge in [0.15, 0.2) is 0 Å². The van der Waals surface area contributed by atoms with Crippen LogP contribution in [0.15, 0.2) is 12.1 Å². The monoisotopic (exact) mass is 259 g/mol. The van der Waals surface area contributed by atoms with Gasteiger partial charge in [-0.1, -0.05) is 39.1 Å². The zero-order valence-electron chi connectivity index (χ0n) is 6.62. The fraction of sp³-hybridized carbons (Fsp3) is 0.250. The topological polar surface area (TPSA) is 43.1 Å². The molecule has 1 heterocycles. The molecular formula is C8H6BrNO2S. The van der Waals surface area contributed by atoms with E-state index in [1.54, 1.807) is 6.07 Å². The molecule has 0 bridgehead atoms. The molecule has 68 valence electrons. The highest BCUT2D eigenvalue weighted by Crippen LogP contribution is 2.22. The van der Waals surface area contributed by atoms with Gasteiger partial charge in [0.2, 0.25) is 0 Å². The maximum atomic E-state index is 10.3. The van der Waals surface area contributed by atoms with Crippen LogP contribution < -0.4 is 0 Å². The molecular weight excluding hydrogens is 254 g/mol. The first-order valence-electron chi connectivity index (χ1n) is 3.53. The summed E-state index contributed by atoms with van der Waals surface area (Å²) in [5.41, 5.74) is 0. The molecule has 0 radical (unpaired) electrons.